The minimum absolute atomic E-state index is 0.108. The van der Waals surface area contributed by atoms with Crippen LogP contribution in [-0.4, -0.2) is 12.9 Å². The summed E-state index contributed by atoms with van der Waals surface area (Å²) in [6, 6.07) is 10.6. The van der Waals surface area contributed by atoms with Crippen molar-refractivity contribution in [2.45, 2.75) is 6.92 Å². The molecule has 0 saturated carbocycles. The molecule has 2 nitrogen and oxygen atoms in total. The van der Waals surface area contributed by atoms with Gasteiger partial charge >= 0.3 is 0 Å². The summed E-state index contributed by atoms with van der Waals surface area (Å²) in [5.41, 5.74) is 2.02. The van der Waals surface area contributed by atoms with Crippen LogP contribution < -0.4 is 4.74 Å². The molecule has 0 amide bonds. The number of aryl methyl sites for hydroxylation is 1. The summed E-state index contributed by atoms with van der Waals surface area (Å²) >= 11 is 9.36. The van der Waals surface area contributed by atoms with Crippen LogP contribution in [-0.2, 0) is 0 Å². The van der Waals surface area contributed by atoms with Crippen LogP contribution in [0.25, 0.3) is 0 Å². The zero-order valence-corrected chi connectivity index (χ0v) is 12.9. The van der Waals surface area contributed by atoms with Gasteiger partial charge in [-0.3, -0.25) is 4.79 Å². The molecule has 0 unspecified atom stereocenters. The highest BCUT2D eigenvalue weighted by molar-refractivity contribution is 9.10. The Hall–Kier alpha value is -1.32. The van der Waals surface area contributed by atoms with Gasteiger partial charge in [0.05, 0.1) is 12.7 Å². The van der Waals surface area contributed by atoms with Gasteiger partial charge in [0.1, 0.15) is 5.75 Å². The van der Waals surface area contributed by atoms with Crippen molar-refractivity contribution in [3.8, 4) is 5.75 Å². The Kier molecular flexibility index (Phi) is 4.27. The lowest BCUT2D eigenvalue weighted by Crippen LogP contribution is -2.04. The lowest BCUT2D eigenvalue weighted by atomic mass is 10.0. The number of ketones is 1. The Balaban J connectivity index is 2.52. The van der Waals surface area contributed by atoms with Gasteiger partial charge in [-0.2, -0.15) is 0 Å². The van der Waals surface area contributed by atoms with Gasteiger partial charge in [0.2, 0.25) is 0 Å². The second-order valence-corrected chi connectivity index (χ2v) is 5.54. The fourth-order valence-electron chi connectivity index (χ4n) is 1.88. The Morgan fingerprint density at radius 2 is 1.95 bits per heavy atom. The average Bonchev–Trinajstić information content (AvgIpc) is 2.36. The van der Waals surface area contributed by atoms with E-state index in [9.17, 15) is 4.79 Å². The fraction of sp³-hybridized carbons (Fsp3) is 0.133. The number of carbonyl (C=O) groups excluding carboxylic acids is 1. The molecule has 0 heterocycles. The lowest BCUT2D eigenvalue weighted by molar-refractivity contribution is 0.103. The van der Waals surface area contributed by atoms with Crippen LogP contribution in [0.2, 0.25) is 5.02 Å². The monoisotopic (exact) mass is 338 g/mol. The molecule has 0 aliphatic heterocycles. The average molecular weight is 340 g/mol. The third-order valence-corrected chi connectivity index (χ3v) is 3.42. The number of hydrogen-bond donors (Lipinski definition) is 0. The van der Waals surface area contributed by atoms with Crippen molar-refractivity contribution in [2.24, 2.45) is 0 Å². The molecule has 4 heteroatoms. The van der Waals surface area contributed by atoms with Gasteiger partial charge in [0, 0.05) is 15.1 Å². The molecule has 2 aromatic carbocycles. The zero-order chi connectivity index (χ0) is 14.0. The molecule has 0 radical (unpaired) electrons. The van der Waals surface area contributed by atoms with Gasteiger partial charge in [-0.25, -0.2) is 0 Å². The van der Waals surface area contributed by atoms with E-state index in [1.165, 1.54) is 0 Å². The van der Waals surface area contributed by atoms with Crippen molar-refractivity contribution in [1.82, 2.24) is 0 Å². The molecule has 0 saturated heterocycles. The van der Waals surface area contributed by atoms with Crippen molar-refractivity contribution in [3.05, 3.63) is 62.6 Å². The predicted molar refractivity (Wildman–Crippen MR) is 80.3 cm³/mol. The molecule has 0 aromatic heterocycles. The van der Waals surface area contributed by atoms with E-state index in [0.717, 1.165) is 10.0 Å². The van der Waals surface area contributed by atoms with Crippen molar-refractivity contribution in [1.29, 1.82) is 0 Å². The second-order valence-electron chi connectivity index (χ2n) is 4.19. The first-order valence-corrected chi connectivity index (χ1v) is 6.84. The van der Waals surface area contributed by atoms with Gasteiger partial charge in [0.15, 0.2) is 5.78 Å². The van der Waals surface area contributed by atoms with E-state index in [4.69, 9.17) is 16.3 Å². The van der Waals surface area contributed by atoms with Gasteiger partial charge in [-0.15, -0.1) is 0 Å². The van der Waals surface area contributed by atoms with Crippen LogP contribution in [0.15, 0.2) is 40.9 Å². The maximum Gasteiger partial charge on any atom is 0.196 e. The number of methoxy groups -OCH3 is 1. The van der Waals surface area contributed by atoms with E-state index < -0.39 is 0 Å². The fourth-order valence-corrected chi connectivity index (χ4v) is 2.53. The van der Waals surface area contributed by atoms with E-state index >= 15 is 0 Å². The smallest absolute Gasteiger partial charge is 0.196 e. The maximum atomic E-state index is 12.5. The molecule has 19 heavy (non-hydrogen) atoms. The summed E-state index contributed by atoms with van der Waals surface area (Å²) < 4.78 is 6.06. The van der Waals surface area contributed by atoms with Gasteiger partial charge in [0.25, 0.3) is 0 Å². The number of halogens is 2. The number of carbonyl (C=O) groups is 1. The van der Waals surface area contributed by atoms with Crippen LogP contribution in [0, 0.1) is 6.92 Å². The predicted octanol–water partition coefficient (Wildman–Crippen LogP) is 4.65. The number of rotatable bonds is 3. The molecule has 0 N–H and O–H groups in total. The summed E-state index contributed by atoms with van der Waals surface area (Å²) in [6.45, 7) is 1.90. The molecule has 2 aromatic rings. The topological polar surface area (TPSA) is 26.3 Å². The molecule has 0 aliphatic rings. The summed E-state index contributed by atoms with van der Waals surface area (Å²) in [4.78, 5) is 12.5. The second kappa shape index (κ2) is 5.76. The summed E-state index contributed by atoms with van der Waals surface area (Å²) in [5, 5.41) is 0.553. The Morgan fingerprint density at radius 1 is 1.21 bits per heavy atom. The first-order chi connectivity index (χ1) is 9.01. The third-order valence-electron chi connectivity index (χ3n) is 2.71. The third kappa shape index (κ3) is 3.17. The molecule has 98 valence electrons. The van der Waals surface area contributed by atoms with Crippen molar-refractivity contribution in [3.63, 3.8) is 0 Å². The lowest BCUT2D eigenvalue weighted by Gasteiger charge is -2.09. The van der Waals surface area contributed by atoms with Crippen molar-refractivity contribution < 1.29 is 9.53 Å². The highest BCUT2D eigenvalue weighted by Gasteiger charge is 2.15. The quantitative estimate of drug-likeness (QED) is 0.761. The van der Waals surface area contributed by atoms with Gasteiger partial charge < -0.3 is 4.74 Å². The van der Waals surface area contributed by atoms with Crippen LogP contribution in [0.5, 0.6) is 5.75 Å². The Labute approximate surface area is 125 Å². The van der Waals surface area contributed by atoms with E-state index in [1.54, 1.807) is 25.3 Å². The first-order valence-electron chi connectivity index (χ1n) is 5.66. The first kappa shape index (κ1) is 14.1. The summed E-state index contributed by atoms with van der Waals surface area (Å²) in [7, 11) is 1.54. The van der Waals surface area contributed by atoms with Gasteiger partial charge in [-0.05, 0) is 48.9 Å². The molecule has 2 rings (SSSR count). The summed E-state index contributed by atoms with van der Waals surface area (Å²) in [6.07, 6.45) is 0. The molecule has 0 atom stereocenters. The molecule has 0 aliphatic carbocycles. The minimum Gasteiger partial charge on any atom is -0.496 e. The molecule has 0 fully saturated rings. The maximum absolute atomic E-state index is 12.5. The van der Waals surface area contributed by atoms with Crippen LogP contribution >= 0.6 is 27.5 Å². The van der Waals surface area contributed by atoms with Crippen molar-refractivity contribution >= 4 is 33.3 Å². The van der Waals surface area contributed by atoms with E-state index in [1.807, 2.05) is 25.1 Å². The SMILES string of the molecule is COc1ccc(Br)cc1C(=O)c1cc(C)cc(Cl)c1. The van der Waals surface area contributed by atoms with Crippen LogP contribution in [0.3, 0.4) is 0 Å². The highest BCUT2D eigenvalue weighted by atomic mass is 79.9. The molecule has 0 spiro atoms. The van der Waals surface area contributed by atoms with Gasteiger partial charge in [-0.1, -0.05) is 27.5 Å². The zero-order valence-electron chi connectivity index (χ0n) is 10.5. The van der Waals surface area contributed by atoms with Crippen LogP contribution in [0.1, 0.15) is 21.5 Å². The molecular weight excluding hydrogens is 328 g/mol. The standard InChI is InChI=1S/C15H12BrClO2/c1-9-5-10(7-12(17)6-9)15(18)13-8-11(16)3-4-14(13)19-2/h3-8H,1-2H3. The Morgan fingerprint density at radius 3 is 2.58 bits per heavy atom. The van der Waals surface area contributed by atoms with E-state index in [2.05, 4.69) is 15.9 Å². The van der Waals surface area contributed by atoms with E-state index in [0.29, 0.717) is 21.9 Å². The molecular formula is C15H12BrClO2. The summed E-state index contributed by atoms with van der Waals surface area (Å²) in [5.74, 6) is 0.439. The van der Waals surface area contributed by atoms with E-state index in [-0.39, 0.29) is 5.78 Å². The number of hydrogen-bond acceptors (Lipinski definition) is 2. The Bertz CT molecular complexity index is 618. The van der Waals surface area contributed by atoms with Crippen molar-refractivity contribution in [2.75, 3.05) is 7.11 Å². The number of ether oxygens (including phenoxy) is 1. The molecule has 0 bridgehead atoms. The van der Waals surface area contributed by atoms with Crippen LogP contribution in [0.4, 0.5) is 0 Å². The highest BCUT2D eigenvalue weighted by Crippen LogP contribution is 2.26. The number of benzene rings is 2. The normalized spacial score (nSPS) is 10.3. The minimum atomic E-state index is -0.108. The largest absolute Gasteiger partial charge is 0.496 e.